The predicted molar refractivity (Wildman–Crippen MR) is 126 cm³/mol. The number of benzene rings is 1. The topological polar surface area (TPSA) is 94.0 Å². The smallest absolute Gasteiger partial charge is 0.263 e. The molecule has 0 aliphatic heterocycles. The largest absolute Gasteiger partial charge is 0.504 e. The molecule has 1 N–H and O–H groups in total. The highest BCUT2D eigenvalue weighted by molar-refractivity contribution is 6.31. The number of H-pyrrole nitrogens is 1. The summed E-state index contributed by atoms with van der Waals surface area (Å²) in [6, 6.07) is 6.40. The van der Waals surface area contributed by atoms with Crippen molar-refractivity contribution < 1.29 is 22.2 Å². The molecule has 9 nitrogen and oxygen atoms in total. The first-order chi connectivity index (χ1) is 18.3. The van der Waals surface area contributed by atoms with E-state index in [2.05, 4.69) is 30.7 Å². The van der Waals surface area contributed by atoms with Crippen molar-refractivity contribution >= 4 is 11.6 Å². The Balaban J connectivity index is 1.33. The summed E-state index contributed by atoms with van der Waals surface area (Å²) in [5.74, 6) is -0.102. The first-order valence-corrected chi connectivity index (χ1v) is 12.0. The lowest BCUT2D eigenvalue weighted by molar-refractivity contribution is -0.659. The summed E-state index contributed by atoms with van der Waals surface area (Å²) in [7, 11) is 0. The van der Waals surface area contributed by atoms with Crippen molar-refractivity contribution in [3.63, 3.8) is 0 Å². The SMILES string of the molecule is Fc1c(Cl)ccc(-[n+]2cnn[nH]2)c1-c1ccc(C(CC2CC2)n2cc(-c3cnn(C(F)(F)F)c3)cn2)nc1. The number of hydrogen-bond acceptors (Lipinski definition) is 5. The molecule has 0 amide bonds. The molecule has 0 saturated heterocycles. The van der Waals surface area contributed by atoms with Gasteiger partial charge in [0.15, 0.2) is 11.0 Å². The van der Waals surface area contributed by atoms with Crippen molar-refractivity contribution in [3.8, 4) is 27.9 Å². The molecule has 0 spiro atoms. The van der Waals surface area contributed by atoms with Gasteiger partial charge in [-0.05, 0) is 30.5 Å². The predicted octanol–water partition coefficient (Wildman–Crippen LogP) is 4.86. The number of rotatable bonds is 7. The lowest BCUT2D eigenvalue weighted by Crippen LogP contribution is -2.33. The Morgan fingerprint density at radius 1 is 1.03 bits per heavy atom. The van der Waals surface area contributed by atoms with Crippen LogP contribution in [0, 0.1) is 11.7 Å². The molecule has 1 fully saturated rings. The second-order valence-corrected chi connectivity index (χ2v) is 9.48. The lowest BCUT2D eigenvalue weighted by atomic mass is 10.0. The van der Waals surface area contributed by atoms with E-state index in [9.17, 15) is 13.2 Å². The van der Waals surface area contributed by atoms with Crippen molar-refractivity contribution in [3.05, 3.63) is 78.1 Å². The zero-order chi connectivity index (χ0) is 26.4. The van der Waals surface area contributed by atoms with E-state index in [4.69, 9.17) is 11.6 Å². The van der Waals surface area contributed by atoms with Crippen molar-refractivity contribution in [2.24, 2.45) is 5.92 Å². The standard InChI is InChI=1S/C24H18ClF4N9/c25-18-4-6-20(37-13-31-34-35-37)22(23(18)26)15-3-5-19(30-8-15)21(7-14-1-2-14)36-11-16(9-32-36)17-10-33-38(12-17)24(27,28)29/h3-6,8-14,21H,1-2,7H2/p+1. The Morgan fingerprint density at radius 2 is 1.82 bits per heavy atom. The molecule has 1 atom stereocenters. The first-order valence-electron chi connectivity index (χ1n) is 11.7. The number of nitrogens with zero attached hydrogens (tertiary/aromatic N) is 8. The minimum absolute atomic E-state index is 0.0366. The van der Waals surface area contributed by atoms with Gasteiger partial charge in [0.05, 0.1) is 34.7 Å². The Kier molecular flexibility index (Phi) is 5.94. The highest BCUT2D eigenvalue weighted by atomic mass is 35.5. The van der Waals surface area contributed by atoms with Crippen LogP contribution in [-0.4, -0.2) is 40.1 Å². The number of nitrogens with one attached hydrogen (secondary N) is 1. The maximum Gasteiger partial charge on any atom is 0.504 e. The van der Waals surface area contributed by atoms with Gasteiger partial charge in [0, 0.05) is 35.3 Å². The molecule has 1 unspecified atom stereocenters. The van der Waals surface area contributed by atoms with E-state index in [0.717, 1.165) is 31.7 Å². The van der Waals surface area contributed by atoms with Crippen LogP contribution < -0.4 is 4.68 Å². The normalized spacial score (nSPS) is 14.7. The number of hydrogen-bond donors (Lipinski definition) is 1. The molecule has 4 heterocycles. The van der Waals surface area contributed by atoms with Crippen molar-refractivity contribution in [1.29, 1.82) is 0 Å². The van der Waals surface area contributed by atoms with Crippen LogP contribution in [0.5, 0.6) is 0 Å². The minimum atomic E-state index is -4.59. The van der Waals surface area contributed by atoms with Gasteiger partial charge in [-0.3, -0.25) is 9.67 Å². The van der Waals surface area contributed by atoms with Gasteiger partial charge in [-0.1, -0.05) is 35.7 Å². The summed E-state index contributed by atoms with van der Waals surface area (Å²) in [4.78, 5) is 4.64. The fourth-order valence-electron chi connectivity index (χ4n) is 4.36. The van der Waals surface area contributed by atoms with E-state index in [1.807, 2.05) is 0 Å². The van der Waals surface area contributed by atoms with Crippen LogP contribution >= 0.6 is 11.6 Å². The molecule has 14 heteroatoms. The maximum absolute atomic E-state index is 15.2. The van der Waals surface area contributed by atoms with Gasteiger partial charge in [-0.2, -0.15) is 14.9 Å². The van der Waals surface area contributed by atoms with Gasteiger partial charge in [0.25, 0.3) is 6.33 Å². The molecule has 1 aromatic carbocycles. The lowest BCUT2D eigenvalue weighted by Gasteiger charge is -2.18. The van der Waals surface area contributed by atoms with Crippen molar-refractivity contribution in [1.82, 2.24) is 40.1 Å². The second kappa shape index (κ2) is 9.31. The van der Waals surface area contributed by atoms with Gasteiger partial charge in [-0.15, -0.1) is 17.9 Å². The fourth-order valence-corrected chi connectivity index (χ4v) is 4.52. The van der Waals surface area contributed by atoms with E-state index in [1.54, 1.807) is 35.3 Å². The Bertz CT molecular complexity index is 1570. The molecular formula is C24H19ClF4N9+. The van der Waals surface area contributed by atoms with Crippen LogP contribution in [0.1, 0.15) is 31.0 Å². The van der Waals surface area contributed by atoms with Crippen LogP contribution in [0.3, 0.4) is 0 Å². The summed E-state index contributed by atoms with van der Waals surface area (Å²) < 4.78 is 57.2. The molecule has 6 rings (SSSR count). The molecule has 38 heavy (non-hydrogen) atoms. The number of alkyl halides is 3. The molecule has 1 aliphatic carbocycles. The highest BCUT2D eigenvalue weighted by Gasteiger charge is 2.32. The van der Waals surface area contributed by atoms with Crippen molar-refractivity contribution in [2.45, 2.75) is 31.6 Å². The summed E-state index contributed by atoms with van der Waals surface area (Å²) in [6.45, 7) is 0. The number of aromatic amines is 1. The number of aromatic nitrogens is 9. The van der Waals surface area contributed by atoms with E-state index in [-0.39, 0.29) is 21.3 Å². The van der Waals surface area contributed by atoms with E-state index in [0.29, 0.717) is 34.0 Å². The van der Waals surface area contributed by atoms with Gasteiger partial charge in [-0.25, -0.2) is 4.39 Å². The molecule has 0 radical (unpaired) electrons. The number of pyridine rings is 1. The zero-order valence-corrected chi connectivity index (χ0v) is 20.3. The molecule has 1 aliphatic rings. The number of tetrazole rings is 1. The van der Waals surface area contributed by atoms with Gasteiger partial charge in [0.1, 0.15) is 10.8 Å². The fraction of sp³-hybridized carbons (Fsp3) is 0.250. The minimum Gasteiger partial charge on any atom is -0.263 e. The third-order valence-corrected chi connectivity index (χ3v) is 6.77. The third kappa shape index (κ3) is 4.64. The summed E-state index contributed by atoms with van der Waals surface area (Å²) in [6.07, 6.45) is 6.61. The van der Waals surface area contributed by atoms with Gasteiger partial charge in [0.2, 0.25) is 0 Å². The maximum atomic E-state index is 15.2. The Labute approximate surface area is 217 Å². The third-order valence-electron chi connectivity index (χ3n) is 6.48. The highest BCUT2D eigenvalue weighted by Crippen LogP contribution is 2.40. The monoisotopic (exact) mass is 544 g/mol. The van der Waals surface area contributed by atoms with Crippen molar-refractivity contribution in [2.75, 3.05) is 0 Å². The van der Waals surface area contributed by atoms with Gasteiger partial charge >= 0.3 is 6.30 Å². The molecule has 194 valence electrons. The average molecular weight is 545 g/mol. The summed E-state index contributed by atoms with van der Waals surface area (Å²) in [5.41, 5.74) is 2.69. The molecule has 0 bridgehead atoms. The van der Waals surface area contributed by atoms with Crippen LogP contribution in [0.25, 0.3) is 27.9 Å². The van der Waals surface area contributed by atoms with Crippen LogP contribution in [-0.2, 0) is 6.30 Å². The van der Waals surface area contributed by atoms with Crippen LogP contribution in [0.15, 0.2) is 61.6 Å². The first kappa shape index (κ1) is 24.2. The van der Waals surface area contributed by atoms with E-state index in [1.165, 1.54) is 23.3 Å². The Morgan fingerprint density at radius 3 is 2.47 bits per heavy atom. The van der Waals surface area contributed by atoms with Crippen LogP contribution in [0.2, 0.25) is 5.02 Å². The molecule has 4 aromatic heterocycles. The van der Waals surface area contributed by atoms with E-state index < -0.39 is 12.1 Å². The van der Waals surface area contributed by atoms with E-state index >= 15 is 4.39 Å². The number of halogens is 5. The molecule has 5 aromatic rings. The quantitative estimate of drug-likeness (QED) is 0.233. The van der Waals surface area contributed by atoms with Gasteiger partial charge < -0.3 is 0 Å². The second-order valence-electron chi connectivity index (χ2n) is 9.07. The molecule has 1 saturated carbocycles. The summed E-state index contributed by atoms with van der Waals surface area (Å²) >= 11 is 6.08. The zero-order valence-electron chi connectivity index (χ0n) is 19.5. The summed E-state index contributed by atoms with van der Waals surface area (Å²) in [5, 5.41) is 17.9. The Hall–Kier alpha value is -4.13. The molecular weight excluding hydrogens is 526 g/mol. The average Bonchev–Trinajstić information content (AvgIpc) is 3.32. The van der Waals surface area contributed by atoms with Crippen LogP contribution in [0.4, 0.5) is 17.6 Å².